The molecule has 2 aliphatic rings. The summed E-state index contributed by atoms with van der Waals surface area (Å²) in [6.07, 6.45) is 5.48. The van der Waals surface area contributed by atoms with Gasteiger partial charge in [0, 0.05) is 36.1 Å². The molecule has 0 spiro atoms. The molecule has 1 aliphatic heterocycles. The van der Waals surface area contributed by atoms with Gasteiger partial charge in [0.25, 0.3) is 0 Å². The Morgan fingerprint density at radius 2 is 1.75 bits per heavy atom. The van der Waals surface area contributed by atoms with E-state index in [1.807, 2.05) is 0 Å². The summed E-state index contributed by atoms with van der Waals surface area (Å²) in [5.74, 6) is -0.446. The number of sulfonamides is 1. The Morgan fingerprint density at radius 3 is 2.38 bits per heavy atom. The first-order valence-electron chi connectivity index (χ1n) is 11.2. The van der Waals surface area contributed by atoms with Crippen LogP contribution in [-0.2, 0) is 27.8 Å². The maximum absolute atomic E-state index is 14.2. The van der Waals surface area contributed by atoms with Crippen LogP contribution in [0, 0.1) is 5.82 Å². The third kappa shape index (κ3) is 5.33. The number of hydrogen-bond acceptors (Lipinski definition) is 3. The van der Waals surface area contributed by atoms with Gasteiger partial charge in [0.2, 0.25) is 15.9 Å². The van der Waals surface area contributed by atoms with Gasteiger partial charge in [-0.2, -0.15) is 4.31 Å². The summed E-state index contributed by atoms with van der Waals surface area (Å²) in [5, 5.41) is 0.328. The lowest BCUT2D eigenvalue weighted by atomic mass is 10.1. The van der Waals surface area contributed by atoms with Crippen molar-refractivity contribution in [1.29, 1.82) is 0 Å². The van der Waals surface area contributed by atoms with Crippen molar-refractivity contribution in [3.63, 3.8) is 0 Å². The maximum Gasteiger partial charge on any atom is 0.243 e. The number of benzene rings is 2. The van der Waals surface area contributed by atoms with Crippen molar-refractivity contribution in [2.45, 2.75) is 62.4 Å². The molecule has 4 rings (SSSR count). The van der Waals surface area contributed by atoms with Gasteiger partial charge in [-0.05, 0) is 61.9 Å². The van der Waals surface area contributed by atoms with Gasteiger partial charge in [-0.1, -0.05) is 36.2 Å². The second-order valence-corrected chi connectivity index (χ2v) is 10.9. The van der Waals surface area contributed by atoms with Crippen molar-refractivity contribution in [3.05, 3.63) is 64.4 Å². The van der Waals surface area contributed by atoms with E-state index < -0.39 is 15.8 Å². The fourth-order valence-corrected chi connectivity index (χ4v) is 5.88. The van der Waals surface area contributed by atoms with E-state index in [4.69, 9.17) is 11.6 Å². The molecule has 0 unspecified atom stereocenters. The van der Waals surface area contributed by atoms with E-state index in [-0.39, 0.29) is 24.9 Å². The highest BCUT2D eigenvalue weighted by Crippen LogP contribution is 2.31. The average molecular weight is 479 g/mol. The number of carbonyl (C=O) groups is 1. The van der Waals surface area contributed by atoms with Crippen LogP contribution >= 0.6 is 11.6 Å². The quantitative estimate of drug-likeness (QED) is 0.548. The zero-order valence-corrected chi connectivity index (χ0v) is 19.5. The Labute approximate surface area is 194 Å². The van der Waals surface area contributed by atoms with Crippen LogP contribution in [0.5, 0.6) is 0 Å². The Bertz CT molecular complexity index is 1040. The molecule has 1 amide bonds. The minimum absolute atomic E-state index is 0.0446. The third-order valence-electron chi connectivity index (χ3n) is 6.20. The molecule has 2 aromatic carbocycles. The summed E-state index contributed by atoms with van der Waals surface area (Å²) < 4.78 is 41.3. The SMILES string of the molecule is O=C(CCc1ccc(S(=O)(=O)N2CCCCC2)cc1)N(Cc1c(F)cccc1Cl)C1CC1. The summed E-state index contributed by atoms with van der Waals surface area (Å²) >= 11 is 6.15. The van der Waals surface area contributed by atoms with E-state index in [0.717, 1.165) is 37.7 Å². The molecule has 1 aliphatic carbocycles. The van der Waals surface area contributed by atoms with Gasteiger partial charge in [0.15, 0.2) is 0 Å². The van der Waals surface area contributed by atoms with Crippen LogP contribution in [-0.4, -0.2) is 42.7 Å². The summed E-state index contributed by atoms with van der Waals surface area (Å²) in [7, 11) is -3.46. The molecule has 8 heteroatoms. The van der Waals surface area contributed by atoms with Crippen LogP contribution in [0.4, 0.5) is 4.39 Å². The molecule has 0 N–H and O–H groups in total. The van der Waals surface area contributed by atoms with Crippen molar-refractivity contribution in [3.8, 4) is 0 Å². The molecule has 0 radical (unpaired) electrons. The Hall–Kier alpha value is -1.96. The minimum Gasteiger partial charge on any atom is -0.335 e. The van der Waals surface area contributed by atoms with Gasteiger partial charge in [-0.3, -0.25) is 4.79 Å². The molecule has 2 fully saturated rings. The zero-order valence-electron chi connectivity index (χ0n) is 18.0. The third-order valence-corrected chi connectivity index (χ3v) is 8.47. The van der Waals surface area contributed by atoms with E-state index in [0.29, 0.717) is 35.0 Å². The number of nitrogens with zero attached hydrogens (tertiary/aromatic N) is 2. The summed E-state index contributed by atoms with van der Waals surface area (Å²) in [6, 6.07) is 11.5. The van der Waals surface area contributed by atoms with E-state index in [2.05, 4.69) is 0 Å². The largest absolute Gasteiger partial charge is 0.335 e. The molecule has 1 saturated carbocycles. The molecule has 172 valence electrons. The van der Waals surface area contributed by atoms with Crippen molar-refractivity contribution in [2.24, 2.45) is 0 Å². The van der Waals surface area contributed by atoms with Crippen LogP contribution in [0.25, 0.3) is 0 Å². The van der Waals surface area contributed by atoms with Gasteiger partial charge in [-0.25, -0.2) is 12.8 Å². The normalized spacial score (nSPS) is 17.3. The first-order chi connectivity index (χ1) is 15.4. The van der Waals surface area contributed by atoms with E-state index in [1.54, 1.807) is 45.6 Å². The summed E-state index contributed by atoms with van der Waals surface area (Å²) in [4.78, 5) is 14.9. The van der Waals surface area contributed by atoms with Crippen molar-refractivity contribution in [1.82, 2.24) is 9.21 Å². The molecule has 1 heterocycles. The molecule has 2 aromatic rings. The van der Waals surface area contributed by atoms with Crippen molar-refractivity contribution < 1.29 is 17.6 Å². The molecule has 5 nitrogen and oxygen atoms in total. The molecule has 1 saturated heterocycles. The Kier molecular flexibility index (Phi) is 7.17. The first-order valence-corrected chi connectivity index (χ1v) is 13.0. The van der Waals surface area contributed by atoms with Crippen LogP contribution in [0.15, 0.2) is 47.4 Å². The van der Waals surface area contributed by atoms with Gasteiger partial charge >= 0.3 is 0 Å². The number of rotatable bonds is 8. The minimum atomic E-state index is -3.46. The van der Waals surface area contributed by atoms with Gasteiger partial charge in [0.1, 0.15) is 5.82 Å². The smallest absolute Gasteiger partial charge is 0.243 e. The molecule has 32 heavy (non-hydrogen) atoms. The maximum atomic E-state index is 14.2. The fourth-order valence-electron chi connectivity index (χ4n) is 4.14. The molecule has 0 aromatic heterocycles. The monoisotopic (exact) mass is 478 g/mol. The van der Waals surface area contributed by atoms with Gasteiger partial charge < -0.3 is 4.90 Å². The van der Waals surface area contributed by atoms with Crippen molar-refractivity contribution in [2.75, 3.05) is 13.1 Å². The Balaban J connectivity index is 1.38. The number of piperidine rings is 1. The molecule has 0 bridgehead atoms. The lowest BCUT2D eigenvalue weighted by Crippen LogP contribution is -2.35. The Morgan fingerprint density at radius 1 is 1.06 bits per heavy atom. The fraction of sp³-hybridized carbons (Fsp3) is 0.458. The second kappa shape index (κ2) is 9.89. The van der Waals surface area contributed by atoms with E-state index in [9.17, 15) is 17.6 Å². The highest BCUT2D eigenvalue weighted by Gasteiger charge is 2.33. The molecular weight excluding hydrogens is 451 g/mol. The van der Waals surface area contributed by atoms with Crippen LogP contribution in [0.2, 0.25) is 5.02 Å². The number of hydrogen-bond donors (Lipinski definition) is 0. The second-order valence-electron chi connectivity index (χ2n) is 8.56. The average Bonchev–Trinajstić information content (AvgIpc) is 3.63. The van der Waals surface area contributed by atoms with Gasteiger partial charge in [0.05, 0.1) is 11.4 Å². The van der Waals surface area contributed by atoms with Crippen LogP contribution < -0.4 is 0 Å². The number of carbonyl (C=O) groups excluding carboxylic acids is 1. The number of aryl methyl sites for hydroxylation is 1. The molecular formula is C24H28ClFN2O3S. The van der Waals surface area contributed by atoms with E-state index in [1.165, 1.54) is 6.07 Å². The standard InChI is InChI=1S/C24H28ClFN2O3S/c25-22-5-4-6-23(26)21(22)17-28(19-10-11-19)24(29)14-9-18-7-12-20(13-8-18)32(30,31)27-15-2-1-3-16-27/h4-8,12-13,19H,1-3,9-11,14-17H2. The summed E-state index contributed by atoms with van der Waals surface area (Å²) in [6.45, 7) is 1.31. The summed E-state index contributed by atoms with van der Waals surface area (Å²) in [5.41, 5.74) is 1.25. The van der Waals surface area contributed by atoms with Crippen LogP contribution in [0.3, 0.4) is 0 Å². The number of amides is 1. The zero-order chi connectivity index (χ0) is 22.7. The predicted octanol–water partition coefficient (Wildman–Crippen LogP) is 4.78. The topological polar surface area (TPSA) is 57.7 Å². The van der Waals surface area contributed by atoms with Gasteiger partial charge in [-0.15, -0.1) is 0 Å². The van der Waals surface area contributed by atoms with Crippen molar-refractivity contribution >= 4 is 27.5 Å². The van der Waals surface area contributed by atoms with Crippen LogP contribution in [0.1, 0.15) is 49.7 Å². The highest BCUT2D eigenvalue weighted by atomic mass is 35.5. The molecule has 0 atom stereocenters. The lowest BCUT2D eigenvalue weighted by molar-refractivity contribution is -0.132. The number of halogens is 2. The van der Waals surface area contributed by atoms with E-state index >= 15 is 0 Å². The highest BCUT2D eigenvalue weighted by molar-refractivity contribution is 7.89. The predicted molar refractivity (Wildman–Crippen MR) is 122 cm³/mol. The first kappa shape index (κ1) is 23.2. The lowest BCUT2D eigenvalue weighted by Gasteiger charge is -2.26.